The van der Waals surface area contributed by atoms with Crippen LogP contribution in [0.1, 0.15) is 27.7 Å². The first kappa shape index (κ1) is 15.5. The van der Waals surface area contributed by atoms with Gasteiger partial charge in [0, 0.05) is 5.57 Å². The summed E-state index contributed by atoms with van der Waals surface area (Å²) in [4.78, 5) is 0. The van der Waals surface area contributed by atoms with Crippen LogP contribution in [0.4, 0.5) is 0 Å². The number of ether oxygens (including phenoxy) is 3. The summed E-state index contributed by atoms with van der Waals surface area (Å²) in [5.74, 6) is 0.140. The highest BCUT2D eigenvalue weighted by Crippen LogP contribution is 2.23. The highest BCUT2D eigenvalue weighted by atomic mass is 28.4. The van der Waals surface area contributed by atoms with Crippen molar-refractivity contribution >= 4 is 8.32 Å². The molecule has 0 N–H and O–H groups in total. The monoisotopic (exact) mass is 274 g/mol. The second-order valence-electron chi connectivity index (χ2n) is 6.26. The molecule has 1 rings (SSSR count). The van der Waals surface area contributed by atoms with Gasteiger partial charge in [0.15, 0.2) is 5.79 Å². The fraction of sp³-hybridized carbons (Fsp3) is 0.846. The molecule has 0 aromatic heterocycles. The van der Waals surface area contributed by atoms with E-state index in [1.165, 1.54) is 0 Å². The molecule has 0 radical (unpaired) electrons. The molecule has 1 heterocycles. The second-order valence-corrected chi connectivity index (χ2v) is 10.7. The molecule has 0 saturated carbocycles. The lowest BCUT2D eigenvalue weighted by Gasteiger charge is -2.24. The summed E-state index contributed by atoms with van der Waals surface area (Å²) < 4.78 is 22.8. The molecule has 5 heteroatoms. The van der Waals surface area contributed by atoms with Gasteiger partial charge in [0.1, 0.15) is 12.7 Å². The summed E-state index contributed by atoms with van der Waals surface area (Å²) in [6.45, 7) is 15.2. The molecule has 1 saturated heterocycles. The van der Waals surface area contributed by atoms with E-state index in [4.69, 9.17) is 18.6 Å². The van der Waals surface area contributed by atoms with Gasteiger partial charge in [-0.1, -0.05) is 0 Å². The Bertz CT molecular complexity index is 313. The van der Waals surface area contributed by atoms with Crippen molar-refractivity contribution in [3.05, 3.63) is 11.5 Å². The van der Waals surface area contributed by atoms with Gasteiger partial charge in [-0.15, -0.1) is 0 Å². The summed E-state index contributed by atoms with van der Waals surface area (Å²) in [6, 6.07) is 0. The molecule has 0 aliphatic carbocycles. The zero-order chi connectivity index (χ0) is 14.0. The van der Waals surface area contributed by atoms with Crippen molar-refractivity contribution in [2.45, 2.75) is 59.2 Å². The number of allylic oxidation sites excluding steroid dienone is 1. The Labute approximate surface area is 111 Å². The fourth-order valence-electron chi connectivity index (χ4n) is 1.57. The largest absolute Gasteiger partial charge is 0.520 e. The van der Waals surface area contributed by atoms with Crippen LogP contribution in [0.3, 0.4) is 0 Å². The maximum absolute atomic E-state index is 5.91. The first-order chi connectivity index (χ1) is 8.09. The van der Waals surface area contributed by atoms with Crippen LogP contribution in [0.5, 0.6) is 0 Å². The molecule has 0 spiro atoms. The van der Waals surface area contributed by atoms with Gasteiger partial charge in [-0.25, -0.2) is 0 Å². The lowest BCUT2D eigenvalue weighted by molar-refractivity contribution is -0.144. The van der Waals surface area contributed by atoms with Crippen LogP contribution in [0.15, 0.2) is 11.5 Å². The second kappa shape index (κ2) is 5.63. The molecule has 18 heavy (non-hydrogen) atoms. The van der Waals surface area contributed by atoms with Crippen LogP contribution in [-0.2, 0) is 18.6 Å². The molecule has 1 aliphatic rings. The number of rotatable bonds is 5. The van der Waals surface area contributed by atoms with E-state index in [0.717, 1.165) is 5.57 Å². The molecule has 0 bridgehead atoms. The van der Waals surface area contributed by atoms with Gasteiger partial charge in [-0.3, -0.25) is 0 Å². The van der Waals surface area contributed by atoms with E-state index in [1.54, 1.807) is 0 Å². The molecule has 0 aromatic rings. The van der Waals surface area contributed by atoms with Crippen LogP contribution in [0.25, 0.3) is 0 Å². The smallest absolute Gasteiger partial charge is 0.263 e. The molecular weight excluding hydrogens is 248 g/mol. The minimum absolute atomic E-state index is 0.0282. The average molecular weight is 274 g/mol. The van der Waals surface area contributed by atoms with Crippen molar-refractivity contribution in [1.82, 2.24) is 0 Å². The summed E-state index contributed by atoms with van der Waals surface area (Å²) in [6.07, 6.45) is -0.0282. The first-order valence-corrected chi connectivity index (χ1v) is 9.81. The highest BCUT2D eigenvalue weighted by Gasteiger charge is 2.33. The Kier molecular flexibility index (Phi) is 4.86. The lowest BCUT2D eigenvalue weighted by Crippen LogP contribution is -2.28. The van der Waals surface area contributed by atoms with Gasteiger partial charge >= 0.3 is 0 Å². The van der Waals surface area contributed by atoms with Crippen LogP contribution in [0, 0.1) is 0 Å². The zero-order valence-electron chi connectivity index (χ0n) is 12.6. The van der Waals surface area contributed by atoms with Crippen molar-refractivity contribution in [1.29, 1.82) is 0 Å². The first-order valence-electron chi connectivity index (χ1n) is 6.40. The summed E-state index contributed by atoms with van der Waals surface area (Å²) in [7, 11) is -1.64. The molecule has 1 fully saturated rings. The highest BCUT2D eigenvalue weighted by molar-refractivity contribution is 6.70. The van der Waals surface area contributed by atoms with Gasteiger partial charge in [0.2, 0.25) is 8.32 Å². The van der Waals surface area contributed by atoms with Crippen LogP contribution >= 0.6 is 0 Å². The van der Waals surface area contributed by atoms with Crippen LogP contribution < -0.4 is 0 Å². The molecule has 0 aromatic carbocycles. The zero-order valence-corrected chi connectivity index (χ0v) is 13.6. The van der Waals surface area contributed by atoms with Crippen molar-refractivity contribution < 1.29 is 18.6 Å². The van der Waals surface area contributed by atoms with Crippen LogP contribution in [-0.4, -0.2) is 33.4 Å². The Morgan fingerprint density at radius 2 is 1.89 bits per heavy atom. The van der Waals surface area contributed by atoms with E-state index in [1.807, 2.05) is 27.7 Å². The maximum Gasteiger partial charge on any atom is 0.263 e. The summed E-state index contributed by atoms with van der Waals surface area (Å²) >= 11 is 0. The fourth-order valence-corrected chi connectivity index (χ4v) is 2.39. The maximum atomic E-state index is 5.91. The van der Waals surface area contributed by atoms with Gasteiger partial charge in [-0.2, -0.15) is 0 Å². The minimum Gasteiger partial charge on any atom is -0.520 e. The van der Waals surface area contributed by atoms with E-state index in [-0.39, 0.29) is 6.10 Å². The van der Waals surface area contributed by atoms with Crippen molar-refractivity contribution in [3.63, 3.8) is 0 Å². The molecule has 106 valence electrons. The van der Waals surface area contributed by atoms with Gasteiger partial charge in [0.25, 0.3) is 5.95 Å². The third-order valence-electron chi connectivity index (χ3n) is 2.27. The normalized spacial score (nSPS) is 22.7. The third kappa shape index (κ3) is 5.41. The molecule has 4 nitrogen and oxygen atoms in total. The molecule has 1 unspecified atom stereocenters. The predicted molar refractivity (Wildman–Crippen MR) is 73.7 cm³/mol. The average Bonchev–Trinajstić information content (AvgIpc) is 2.50. The molecular formula is C13H26O4Si. The quantitative estimate of drug-likeness (QED) is 0.569. The topological polar surface area (TPSA) is 36.9 Å². The molecule has 0 amide bonds. The Hall–Kier alpha value is -0.523. The number of hydrogen-bond acceptors (Lipinski definition) is 4. The Morgan fingerprint density at radius 3 is 2.28 bits per heavy atom. The molecule has 1 aliphatic heterocycles. The predicted octanol–water partition coefficient (Wildman–Crippen LogP) is 3.26. The van der Waals surface area contributed by atoms with Crippen molar-refractivity contribution in [3.8, 4) is 0 Å². The lowest BCUT2D eigenvalue weighted by atomic mass is 10.4. The van der Waals surface area contributed by atoms with E-state index < -0.39 is 14.1 Å². The standard InChI is InChI=1S/C13H26O4Si/c1-10(2)12(17-18(5,6)7)14-8-11-9-15-13(3,4)16-11/h11H,8-9H2,1-7H3. The SMILES string of the molecule is CC(C)=C(OCC1COC(C)(C)O1)O[Si](C)(C)C. The van der Waals surface area contributed by atoms with E-state index in [0.29, 0.717) is 19.2 Å². The summed E-state index contributed by atoms with van der Waals surface area (Å²) in [5.41, 5.74) is 1.05. The van der Waals surface area contributed by atoms with Crippen LogP contribution in [0.2, 0.25) is 19.6 Å². The van der Waals surface area contributed by atoms with E-state index >= 15 is 0 Å². The van der Waals surface area contributed by atoms with Gasteiger partial charge in [-0.05, 0) is 47.3 Å². The van der Waals surface area contributed by atoms with Gasteiger partial charge in [0.05, 0.1) is 6.61 Å². The Balaban J connectivity index is 2.48. The van der Waals surface area contributed by atoms with Gasteiger partial charge < -0.3 is 18.6 Å². The van der Waals surface area contributed by atoms with E-state index in [9.17, 15) is 0 Å². The Morgan fingerprint density at radius 1 is 1.28 bits per heavy atom. The van der Waals surface area contributed by atoms with Crippen molar-refractivity contribution in [2.75, 3.05) is 13.2 Å². The van der Waals surface area contributed by atoms with E-state index in [2.05, 4.69) is 19.6 Å². The number of hydrogen-bond donors (Lipinski definition) is 0. The van der Waals surface area contributed by atoms with Crippen molar-refractivity contribution in [2.24, 2.45) is 0 Å². The third-order valence-corrected chi connectivity index (χ3v) is 3.07. The minimum atomic E-state index is -1.64. The molecule has 1 atom stereocenters. The summed E-state index contributed by atoms with van der Waals surface area (Å²) in [5, 5.41) is 0.